The van der Waals surface area contributed by atoms with Gasteiger partial charge in [0.05, 0.1) is 17.7 Å². The highest BCUT2D eigenvalue weighted by atomic mass is 19.4. The second-order valence-corrected chi connectivity index (χ2v) is 6.08. The van der Waals surface area contributed by atoms with Gasteiger partial charge in [0.15, 0.2) is 5.82 Å². The van der Waals surface area contributed by atoms with E-state index in [9.17, 15) is 26.3 Å². The normalized spacial score (nSPS) is 13.7. The Bertz CT molecular complexity index is 995. The van der Waals surface area contributed by atoms with Gasteiger partial charge in [-0.25, -0.2) is 15.0 Å². The van der Waals surface area contributed by atoms with Crippen molar-refractivity contribution in [3.05, 3.63) is 65.5 Å². The molecule has 0 aliphatic carbocycles. The van der Waals surface area contributed by atoms with Crippen LogP contribution in [0.25, 0.3) is 5.95 Å². The lowest BCUT2D eigenvalue weighted by molar-refractivity contribution is -0.143. The highest BCUT2D eigenvalue weighted by molar-refractivity contribution is 5.33. The van der Waals surface area contributed by atoms with E-state index in [-0.39, 0.29) is 17.6 Å². The van der Waals surface area contributed by atoms with Crippen molar-refractivity contribution in [1.82, 2.24) is 24.7 Å². The van der Waals surface area contributed by atoms with Crippen molar-refractivity contribution < 1.29 is 26.3 Å². The molecule has 1 atom stereocenters. The van der Waals surface area contributed by atoms with Crippen LogP contribution < -0.4 is 0 Å². The van der Waals surface area contributed by atoms with Crippen molar-refractivity contribution >= 4 is 0 Å². The van der Waals surface area contributed by atoms with Crippen LogP contribution in [0.1, 0.15) is 35.5 Å². The first-order valence-electron chi connectivity index (χ1n) is 8.38. The number of nitrogens with zero attached hydrogens (tertiary/aromatic N) is 7. The number of alkyl halides is 6. The molecular weight excluding hydrogens is 416 g/mol. The molecule has 2 aromatic heterocycles. The van der Waals surface area contributed by atoms with Crippen LogP contribution in [-0.2, 0) is 18.9 Å². The second kappa shape index (κ2) is 8.16. The summed E-state index contributed by atoms with van der Waals surface area (Å²) < 4.78 is 78.9. The van der Waals surface area contributed by atoms with Crippen molar-refractivity contribution in [1.29, 1.82) is 0 Å². The van der Waals surface area contributed by atoms with Gasteiger partial charge >= 0.3 is 12.4 Å². The molecule has 0 radical (unpaired) electrons. The van der Waals surface area contributed by atoms with E-state index in [1.807, 2.05) is 0 Å². The Morgan fingerprint density at radius 3 is 2.10 bits per heavy atom. The van der Waals surface area contributed by atoms with Gasteiger partial charge in [0, 0.05) is 12.4 Å². The molecule has 2 heterocycles. The lowest BCUT2D eigenvalue weighted by Crippen LogP contribution is -2.11. The fourth-order valence-corrected chi connectivity index (χ4v) is 2.50. The van der Waals surface area contributed by atoms with Crippen LogP contribution in [0.15, 0.2) is 53.2 Å². The predicted octanol–water partition coefficient (Wildman–Crippen LogP) is 4.81. The van der Waals surface area contributed by atoms with E-state index >= 15 is 0 Å². The minimum absolute atomic E-state index is 0.0611. The summed E-state index contributed by atoms with van der Waals surface area (Å²) in [7, 11) is 0. The Morgan fingerprint density at radius 1 is 0.933 bits per heavy atom. The van der Waals surface area contributed by atoms with Crippen molar-refractivity contribution in [3.8, 4) is 5.95 Å². The monoisotopic (exact) mass is 429 g/mol. The van der Waals surface area contributed by atoms with Gasteiger partial charge in [-0.15, -0.1) is 0 Å². The molecule has 0 N–H and O–H groups in total. The Balaban J connectivity index is 1.81. The maximum absolute atomic E-state index is 12.9. The Kier molecular flexibility index (Phi) is 5.80. The molecule has 0 aliphatic rings. The van der Waals surface area contributed by atoms with Crippen LogP contribution in [0.5, 0.6) is 0 Å². The Labute approximate surface area is 165 Å². The molecule has 7 nitrogen and oxygen atoms in total. The SMILES string of the molecule is CC(N=NCc1cc(C(F)(F)F)cc(C(F)(F)F)c1)c1ncnn1-c1ncccn1. The third kappa shape index (κ3) is 4.96. The first-order valence-corrected chi connectivity index (χ1v) is 8.38. The van der Waals surface area contributed by atoms with Gasteiger partial charge in [-0.3, -0.25) is 0 Å². The zero-order chi connectivity index (χ0) is 21.9. The number of hydrogen-bond donors (Lipinski definition) is 0. The summed E-state index contributed by atoms with van der Waals surface area (Å²) in [6.07, 6.45) is -5.63. The number of benzene rings is 1. The summed E-state index contributed by atoms with van der Waals surface area (Å²) in [6, 6.07) is 2.18. The molecule has 13 heteroatoms. The standard InChI is InChI=1S/C17H13F6N7/c1-10(14-26-9-28-30(14)15-24-3-2-4-25-15)29-27-8-11-5-12(16(18,19)20)7-13(6-11)17(21,22)23/h2-7,9-10H,8H2,1H3. The topological polar surface area (TPSA) is 81.2 Å². The summed E-state index contributed by atoms with van der Waals surface area (Å²) in [6.45, 7) is 1.10. The van der Waals surface area contributed by atoms with E-state index in [1.54, 1.807) is 13.0 Å². The van der Waals surface area contributed by atoms with Gasteiger partial charge < -0.3 is 0 Å². The quantitative estimate of drug-likeness (QED) is 0.431. The molecule has 0 amide bonds. The van der Waals surface area contributed by atoms with Gasteiger partial charge in [-0.05, 0) is 36.8 Å². The van der Waals surface area contributed by atoms with Crippen LogP contribution in [0.2, 0.25) is 0 Å². The van der Waals surface area contributed by atoms with Crippen LogP contribution in [0, 0.1) is 0 Å². The van der Waals surface area contributed by atoms with Crippen molar-refractivity contribution in [2.24, 2.45) is 10.2 Å². The van der Waals surface area contributed by atoms with Crippen molar-refractivity contribution in [2.45, 2.75) is 31.9 Å². The smallest absolute Gasteiger partial charge is 0.220 e. The summed E-state index contributed by atoms with van der Waals surface area (Å²) in [5.41, 5.74) is -3.09. The van der Waals surface area contributed by atoms with Crippen molar-refractivity contribution in [3.63, 3.8) is 0 Å². The molecule has 0 saturated carbocycles. The van der Waals surface area contributed by atoms with E-state index in [2.05, 4.69) is 30.3 Å². The average Bonchev–Trinajstić information content (AvgIpc) is 3.17. The molecule has 0 saturated heterocycles. The fraction of sp³-hybridized carbons (Fsp3) is 0.294. The number of halogens is 6. The van der Waals surface area contributed by atoms with Crippen LogP contribution in [0.3, 0.4) is 0 Å². The number of aromatic nitrogens is 5. The summed E-state index contributed by atoms with van der Waals surface area (Å²) in [5, 5.41) is 11.6. The third-order valence-corrected chi connectivity index (χ3v) is 3.84. The van der Waals surface area contributed by atoms with E-state index in [4.69, 9.17) is 0 Å². The molecule has 0 bridgehead atoms. The van der Waals surface area contributed by atoms with E-state index in [1.165, 1.54) is 23.4 Å². The molecule has 1 aromatic carbocycles. The van der Waals surface area contributed by atoms with Crippen molar-refractivity contribution in [2.75, 3.05) is 0 Å². The van der Waals surface area contributed by atoms with Gasteiger partial charge in [-0.2, -0.15) is 46.4 Å². The summed E-state index contributed by atoms with van der Waals surface area (Å²) in [5.74, 6) is 0.518. The van der Waals surface area contributed by atoms with Gasteiger partial charge in [-0.1, -0.05) is 0 Å². The maximum Gasteiger partial charge on any atom is 0.416 e. The molecule has 1 unspecified atom stereocenters. The van der Waals surface area contributed by atoms with Crippen LogP contribution >= 0.6 is 0 Å². The maximum atomic E-state index is 12.9. The zero-order valence-corrected chi connectivity index (χ0v) is 15.2. The minimum Gasteiger partial charge on any atom is -0.220 e. The second-order valence-electron chi connectivity index (χ2n) is 6.08. The first-order chi connectivity index (χ1) is 14.1. The molecular formula is C17H13F6N7. The summed E-state index contributed by atoms with van der Waals surface area (Å²) >= 11 is 0. The first kappa shape index (κ1) is 21.3. The summed E-state index contributed by atoms with van der Waals surface area (Å²) in [4.78, 5) is 12.1. The zero-order valence-electron chi connectivity index (χ0n) is 15.2. The number of rotatable bonds is 5. The van der Waals surface area contributed by atoms with Crippen LogP contribution in [0.4, 0.5) is 26.3 Å². The fourth-order valence-electron chi connectivity index (χ4n) is 2.50. The average molecular weight is 429 g/mol. The van der Waals surface area contributed by atoms with E-state index < -0.39 is 36.1 Å². The minimum atomic E-state index is -4.92. The Hall–Kier alpha value is -3.38. The van der Waals surface area contributed by atoms with E-state index in [0.717, 1.165) is 0 Å². The van der Waals surface area contributed by atoms with E-state index in [0.29, 0.717) is 18.0 Å². The highest BCUT2D eigenvalue weighted by Gasteiger charge is 2.36. The molecule has 0 spiro atoms. The van der Waals surface area contributed by atoms with Gasteiger partial charge in [0.1, 0.15) is 12.4 Å². The lowest BCUT2D eigenvalue weighted by Gasteiger charge is -2.13. The molecule has 30 heavy (non-hydrogen) atoms. The highest BCUT2D eigenvalue weighted by Crippen LogP contribution is 2.36. The van der Waals surface area contributed by atoms with Gasteiger partial charge in [0.25, 0.3) is 5.95 Å². The number of azo groups is 1. The Morgan fingerprint density at radius 2 is 1.53 bits per heavy atom. The number of hydrogen-bond acceptors (Lipinski definition) is 6. The van der Waals surface area contributed by atoms with Gasteiger partial charge in [0.2, 0.25) is 0 Å². The molecule has 3 rings (SSSR count). The predicted molar refractivity (Wildman–Crippen MR) is 90.4 cm³/mol. The molecule has 0 fully saturated rings. The largest absolute Gasteiger partial charge is 0.416 e. The molecule has 3 aromatic rings. The van der Waals surface area contributed by atoms with Crippen LogP contribution in [-0.4, -0.2) is 24.7 Å². The lowest BCUT2D eigenvalue weighted by atomic mass is 10.0. The molecule has 158 valence electrons. The third-order valence-electron chi connectivity index (χ3n) is 3.84. The molecule has 0 aliphatic heterocycles.